The molecule has 1 aliphatic heterocycles. The Morgan fingerprint density at radius 3 is 2.67 bits per heavy atom. The number of guanidine groups is 1. The number of hydrogen-bond acceptors (Lipinski definition) is 4. The zero-order chi connectivity index (χ0) is 11.1. The van der Waals surface area contributed by atoms with Gasteiger partial charge in [0, 0.05) is 25.0 Å². The van der Waals surface area contributed by atoms with Crippen molar-refractivity contribution in [1.29, 1.82) is 0 Å². The average molecular weight is 213 g/mol. The fraction of sp³-hybridized carbons (Fsp3) is 0.909. The third-order valence-electron chi connectivity index (χ3n) is 3.36. The van der Waals surface area contributed by atoms with Crippen LogP contribution in [0.4, 0.5) is 0 Å². The first kappa shape index (κ1) is 12.3. The summed E-state index contributed by atoms with van der Waals surface area (Å²) < 4.78 is 0. The van der Waals surface area contributed by atoms with Gasteiger partial charge in [-0.15, -0.1) is 0 Å². The summed E-state index contributed by atoms with van der Waals surface area (Å²) in [5, 5.41) is 15.9. The van der Waals surface area contributed by atoms with E-state index in [9.17, 15) is 5.11 Å². The number of nitrogens with zero attached hydrogens (tertiary/aromatic N) is 1. The number of rotatable bonds is 5. The van der Waals surface area contributed by atoms with E-state index in [4.69, 9.17) is 0 Å². The van der Waals surface area contributed by atoms with E-state index in [1.165, 1.54) is 0 Å². The van der Waals surface area contributed by atoms with E-state index in [2.05, 4.69) is 29.5 Å². The molecule has 1 aliphatic rings. The first-order valence-corrected chi connectivity index (χ1v) is 5.89. The van der Waals surface area contributed by atoms with Crippen LogP contribution in [0.5, 0.6) is 0 Å². The van der Waals surface area contributed by atoms with Gasteiger partial charge in [0.15, 0.2) is 5.96 Å². The molecule has 0 radical (unpaired) electrons. The highest BCUT2D eigenvalue weighted by atomic mass is 16.3. The van der Waals surface area contributed by atoms with Crippen molar-refractivity contribution in [2.24, 2.45) is 10.4 Å². The molecule has 0 bridgehead atoms. The van der Waals surface area contributed by atoms with Crippen LogP contribution in [0.25, 0.3) is 0 Å². The van der Waals surface area contributed by atoms with Crippen LogP contribution in [0.2, 0.25) is 0 Å². The third-order valence-corrected chi connectivity index (χ3v) is 3.36. The Morgan fingerprint density at radius 1 is 1.47 bits per heavy atom. The highest BCUT2D eigenvalue weighted by Gasteiger charge is 2.25. The zero-order valence-electron chi connectivity index (χ0n) is 9.84. The predicted molar refractivity (Wildman–Crippen MR) is 63.0 cm³/mol. The Morgan fingerprint density at radius 2 is 2.20 bits per heavy atom. The number of aliphatic hydroxyl groups is 1. The maximum absolute atomic E-state index is 9.41. The van der Waals surface area contributed by atoms with Crippen molar-refractivity contribution in [2.75, 3.05) is 26.2 Å². The standard InChI is InChI=1S/C11H23N3O/c1-3-11(4-2,9-15)8-14-10-12-6-5-7-13-10/h15H,3-9H2,1-2H3,(H2,12,13,14). The molecule has 0 aromatic heterocycles. The highest BCUT2D eigenvalue weighted by Crippen LogP contribution is 2.24. The van der Waals surface area contributed by atoms with Crippen LogP contribution < -0.4 is 10.6 Å². The molecule has 0 aromatic carbocycles. The molecule has 0 spiro atoms. The highest BCUT2D eigenvalue weighted by molar-refractivity contribution is 5.80. The van der Waals surface area contributed by atoms with E-state index in [-0.39, 0.29) is 12.0 Å². The fourth-order valence-electron chi connectivity index (χ4n) is 1.70. The van der Waals surface area contributed by atoms with Gasteiger partial charge in [0.05, 0.1) is 6.61 Å². The second kappa shape index (κ2) is 5.95. The molecule has 0 unspecified atom stereocenters. The second-order valence-electron chi connectivity index (χ2n) is 4.23. The summed E-state index contributed by atoms with van der Waals surface area (Å²) >= 11 is 0. The number of hydrogen-bond donors (Lipinski definition) is 3. The van der Waals surface area contributed by atoms with Crippen LogP contribution in [0.3, 0.4) is 0 Å². The average Bonchev–Trinajstić information content (AvgIpc) is 2.33. The smallest absolute Gasteiger partial charge is 0.191 e. The molecule has 0 saturated carbocycles. The Bertz CT molecular complexity index is 204. The molecule has 3 N–H and O–H groups in total. The van der Waals surface area contributed by atoms with Crippen LogP contribution in [0.1, 0.15) is 33.1 Å². The summed E-state index contributed by atoms with van der Waals surface area (Å²) in [6.07, 6.45) is 3.08. The van der Waals surface area contributed by atoms with Crippen LogP contribution in [0, 0.1) is 5.41 Å². The minimum absolute atomic E-state index is 0.00163. The summed E-state index contributed by atoms with van der Waals surface area (Å²) in [6.45, 7) is 7.17. The lowest BCUT2D eigenvalue weighted by Crippen LogP contribution is -2.46. The first-order chi connectivity index (χ1) is 7.26. The van der Waals surface area contributed by atoms with Gasteiger partial charge in [-0.1, -0.05) is 13.8 Å². The summed E-state index contributed by atoms with van der Waals surface area (Å²) in [6, 6.07) is 0. The van der Waals surface area contributed by atoms with E-state index >= 15 is 0 Å². The van der Waals surface area contributed by atoms with Gasteiger partial charge in [-0.25, -0.2) is 0 Å². The monoisotopic (exact) mass is 213 g/mol. The molecule has 88 valence electrons. The molecular weight excluding hydrogens is 190 g/mol. The van der Waals surface area contributed by atoms with Gasteiger partial charge in [-0.05, 0) is 19.3 Å². The lowest BCUT2D eigenvalue weighted by molar-refractivity contribution is 0.118. The van der Waals surface area contributed by atoms with Gasteiger partial charge in [0.1, 0.15) is 0 Å². The van der Waals surface area contributed by atoms with E-state index < -0.39 is 0 Å². The first-order valence-electron chi connectivity index (χ1n) is 5.89. The summed E-state index contributed by atoms with van der Waals surface area (Å²) in [4.78, 5) is 4.35. The Labute approximate surface area is 92.2 Å². The van der Waals surface area contributed by atoms with Gasteiger partial charge in [-0.3, -0.25) is 4.99 Å². The largest absolute Gasteiger partial charge is 0.396 e. The molecule has 15 heavy (non-hydrogen) atoms. The maximum atomic E-state index is 9.41. The number of nitrogens with one attached hydrogen (secondary N) is 2. The Kier molecular flexibility index (Phi) is 4.88. The summed E-state index contributed by atoms with van der Waals surface area (Å²) in [7, 11) is 0. The normalized spacial score (nSPS) is 16.9. The quantitative estimate of drug-likeness (QED) is 0.631. The van der Waals surface area contributed by atoms with Crippen LogP contribution in [0.15, 0.2) is 4.99 Å². The van der Waals surface area contributed by atoms with Gasteiger partial charge in [0.25, 0.3) is 0 Å². The SMILES string of the molecule is CCC(CC)(CO)CNC1=NCCCN1. The molecule has 0 aromatic rings. The molecular formula is C11H23N3O. The molecule has 0 saturated heterocycles. The lowest BCUT2D eigenvalue weighted by Gasteiger charge is -2.30. The zero-order valence-corrected chi connectivity index (χ0v) is 9.84. The molecule has 4 heteroatoms. The van der Waals surface area contributed by atoms with Crippen molar-refractivity contribution in [3.63, 3.8) is 0 Å². The van der Waals surface area contributed by atoms with Gasteiger partial charge in [0.2, 0.25) is 0 Å². The van der Waals surface area contributed by atoms with Gasteiger partial charge >= 0.3 is 0 Å². The third kappa shape index (κ3) is 3.38. The Hall–Kier alpha value is -0.770. The summed E-state index contributed by atoms with van der Waals surface area (Å²) in [5.74, 6) is 0.890. The van der Waals surface area contributed by atoms with Crippen molar-refractivity contribution < 1.29 is 5.11 Å². The van der Waals surface area contributed by atoms with Gasteiger partial charge < -0.3 is 15.7 Å². The predicted octanol–water partition coefficient (Wildman–Crippen LogP) is 0.724. The molecule has 0 amide bonds. The maximum Gasteiger partial charge on any atom is 0.191 e. The fourth-order valence-corrected chi connectivity index (χ4v) is 1.70. The molecule has 0 aliphatic carbocycles. The molecule has 0 fully saturated rings. The molecule has 1 heterocycles. The minimum Gasteiger partial charge on any atom is -0.396 e. The second-order valence-corrected chi connectivity index (χ2v) is 4.23. The topological polar surface area (TPSA) is 56.6 Å². The van der Waals surface area contributed by atoms with Crippen LogP contribution in [-0.2, 0) is 0 Å². The van der Waals surface area contributed by atoms with E-state index in [0.29, 0.717) is 0 Å². The van der Waals surface area contributed by atoms with Crippen LogP contribution >= 0.6 is 0 Å². The number of aliphatic imine (C=N–C) groups is 1. The molecule has 1 rings (SSSR count). The minimum atomic E-state index is 0.00163. The lowest BCUT2D eigenvalue weighted by atomic mass is 9.83. The van der Waals surface area contributed by atoms with Gasteiger partial charge in [-0.2, -0.15) is 0 Å². The van der Waals surface area contributed by atoms with Crippen molar-refractivity contribution in [1.82, 2.24) is 10.6 Å². The number of aliphatic hydroxyl groups excluding tert-OH is 1. The van der Waals surface area contributed by atoms with Crippen molar-refractivity contribution >= 4 is 5.96 Å². The molecule has 4 nitrogen and oxygen atoms in total. The van der Waals surface area contributed by atoms with Crippen molar-refractivity contribution in [3.05, 3.63) is 0 Å². The molecule has 0 atom stereocenters. The van der Waals surface area contributed by atoms with E-state index in [0.717, 1.165) is 44.9 Å². The van der Waals surface area contributed by atoms with Crippen molar-refractivity contribution in [3.8, 4) is 0 Å². The van der Waals surface area contributed by atoms with Crippen molar-refractivity contribution in [2.45, 2.75) is 33.1 Å². The van der Waals surface area contributed by atoms with E-state index in [1.807, 2.05) is 0 Å². The summed E-state index contributed by atoms with van der Waals surface area (Å²) in [5.41, 5.74) is 0.00163. The van der Waals surface area contributed by atoms with E-state index in [1.54, 1.807) is 0 Å². The Balaban J connectivity index is 2.42. The van der Waals surface area contributed by atoms with Crippen LogP contribution in [-0.4, -0.2) is 37.3 Å².